The molecule has 10 rings (SSSR count). The highest BCUT2D eigenvalue weighted by Crippen LogP contribution is 2.40. The predicted octanol–water partition coefficient (Wildman–Crippen LogP) is 10.9. The maximum Gasteiger partial charge on any atom is 0.227 e. The van der Waals surface area contributed by atoms with Gasteiger partial charge in [0.05, 0.1) is 0 Å². The highest BCUT2D eigenvalue weighted by Gasteiger charge is 2.19. The van der Waals surface area contributed by atoms with Gasteiger partial charge >= 0.3 is 0 Å². The maximum absolute atomic E-state index is 6.19. The van der Waals surface area contributed by atoms with Crippen LogP contribution in [0, 0.1) is 0 Å². The third-order valence-electron chi connectivity index (χ3n) is 8.57. The summed E-state index contributed by atoms with van der Waals surface area (Å²) in [4.78, 5) is 19.9. The Bertz CT molecular complexity index is 2800. The molecule has 0 atom stereocenters. The van der Waals surface area contributed by atoms with Gasteiger partial charge in [-0.05, 0) is 36.4 Å². The van der Waals surface area contributed by atoms with Gasteiger partial charge in [-0.2, -0.15) is 0 Å². The fourth-order valence-corrected chi connectivity index (χ4v) is 7.50. The molecule has 0 aliphatic heterocycles. The molecule has 0 radical (unpaired) electrons. The molecule has 0 saturated carbocycles. The molecule has 4 heterocycles. The smallest absolute Gasteiger partial charge is 0.227 e. The van der Waals surface area contributed by atoms with Gasteiger partial charge in [0.2, 0.25) is 5.89 Å². The van der Waals surface area contributed by atoms with Crippen molar-refractivity contribution in [2.75, 3.05) is 0 Å². The van der Waals surface area contributed by atoms with Crippen LogP contribution < -0.4 is 0 Å². The number of hydrogen-bond donors (Lipinski definition) is 0. The first-order valence-electron chi connectivity index (χ1n) is 15.3. The van der Waals surface area contributed by atoms with Crippen molar-refractivity contribution in [3.8, 4) is 45.6 Å². The Morgan fingerprint density at radius 2 is 1.13 bits per heavy atom. The Hall–Kier alpha value is -6.18. The highest BCUT2D eigenvalue weighted by atomic mass is 32.1. The Labute approximate surface area is 271 Å². The fourth-order valence-electron chi connectivity index (χ4n) is 6.34. The van der Waals surface area contributed by atoms with Gasteiger partial charge in [-0.1, -0.05) is 91.0 Å². The summed E-state index contributed by atoms with van der Waals surface area (Å²) in [7, 11) is 0. The zero-order valence-corrected chi connectivity index (χ0v) is 25.5. The molecule has 0 saturated heterocycles. The van der Waals surface area contributed by atoms with Crippen LogP contribution in [0.25, 0.3) is 98.8 Å². The summed E-state index contributed by atoms with van der Waals surface area (Å²) >= 11 is 1.72. The summed E-state index contributed by atoms with van der Waals surface area (Å²) in [6, 6.07) is 44.8. The van der Waals surface area contributed by atoms with E-state index < -0.39 is 0 Å². The summed E-state index contributed by atoms with van der Waals surface area (Å²) in [5.41, 5.74) is 6.97. The number of furan rings is 1. The highest BCUT2D eigenvalue weighted by molar-refractivity contribution is 7.25. The number of thiophene rings is 1. The zero-order valence-electron chi connectivity index (χ0n) is 24.7. The Morgan fingerprint density at radius 3 is 1.98 bits per heavy atom. The number of rotatable bonds is 4. The van der Waals surface area contributed by atoms with Gasteiger partial charge in [-0.3, -0.25) is 0 Å². The minimum absolute atomic E-state index is 0.600. The van der Waals surface area contributed by atoms with Crippen molar-refractivity contribution >= 4 is 64.5 Å². The molecule has 0 N–H and O–H groups in total. The van der Waals surface area contributed by atoms with E-state index in [1.54, 1.807) is 11.3 Å². The SMILES string of the molecule is c1ccc(-c2nc(-c3ccc4c(c3)sc3cc5oc(-c6ccccc6)nc5cc34)nc(-c3cccc4oc5ccccc5c34)n2)cc1. The minimum Gasteiger partial charge on any atom is -0.456 e. The number of hydrogen-bond acceptors (Lipinski definition) is 7. The third-order valence-corrected chi connectivity index (χ3v) is 9.69. The molecule has 6 aromatic carbocycles. The number of aromatic nitrogens is 4. The summed E-state index contributed by atoms with van der Waals surface area (Å²) in [5.74, 6) is 2.46. The Morgan fingerprint density at radius 1 is 0.426 bits per heavy atom. The zero-order chi connectivity index (χ0) is 30.9. The molecule has 10 aromatic rings. The average Bonchev–Trinajstić information content (AvgIpc) is 3.83. The van der Waals surface area contributed by atoms with Crippen LogP contribution in [0.2, 0.25) is 0 Å². The average molecular weight is 623 g/mol. The molecular weight excluding hydrogens is 601 g/mol. The van der Waals surface area contributed by atoms with Crippen LogP contribution in [0.1, 0.15) is 0 Å². The first-order valence-corrected chi connectivity index (χ1v) is 16.1. The first kappa shape index (κ1) is 26.1. The standard InChI is InChI=1S/C40H22N4O2S/c1-3-10-23(11-4-1)37-42-38(44-39(43-37)28-15-9-17-32-36(28)27-14-7-8-16-31(27)45-32)25-18-19-26-29-21-30-33(22-35(29)47-34(26)20-25)46-40(41-30)24-12-5-2-6-13-24/h1-22H. The number of oxazole rings is 1. The number of nitrogens with zero attached hydrogens (tertiary/aromatic N) is 4. The van der Waals surface area contributed by atoms with Crippen LogP contribution in [-0.2, 0) is 0 Å². The largest absolute Gasteiger partial charge is 0.456 e. The summed E-state index contributed by atoms with van der Waals surface area (Å²) in [6.45, 7) is 0. The number of para-hydroxylation sites is 1. The van der Waals surface area contributed by atoms with Gasteiger partial charge in [-0.25, -0.2) is 19.9 Å². The Kier molecular flexibility index (Phi) is 5.64. The normalized spacial score (nSPS) is 11.8. The lowest BCUT2D eigenvalue weighted by Crippen LogP contribution is -2.00. The van der Waals surface area contributed by atoms with E-state index in [2.05, 4.69) is 42.5 Å². The van der Waals surface area contributed by atoms with E-state index in [-0.39, 0.29) is 0 Å². The summed E-state index contributed by atoms with van der Waals surface area (Å²) in [5, 5.41) is 4.33. The molecule has 0 amide bonds. The number of benzene rings is 6. The molecule has 0 aliphatic rings. The van der Waals surface area contributed by atoms with Gasteiger partial charge in [0, 0.05) is 59.3 Å². The van der Waals surface area contributed by atoms with Crippen LogP contribution in [0.15, 0.2) is 142 Å². The molecule has 6 nitrogen and oxygen atoms in total. The minimum atomic E-state index is 0.600. The molecule has 0 spiro atoms. The lowest BCUT2D eigenvalue weighted by molar-refractivity contribution is 0.620. The van der Waals surface area contributed by atoms with Crippen molar-refractivity contribution in [2.24, 2.45) is 0 Å². The Balaban J connectivity index is 1.14. The van der Waals surface area contributed by atoms with E-state index in [1.165, 1.54) is 0 Å². The molecule has 220 valence electrons. The van der Waals surface area contributed by atoms with Gasteiger partial charge < -0.3 is 8.83 Å². The third kappa shape index (κ3) is 4.25. The molecule has 7 heteroatoms. The quantitative estimate of drug-likeness (QED) is 0.194. The van der Waals surface area contributed by atoms with Crippen molar-refractivity contribution < 1.29 is 8.83 Å². The van der Waals surface area contributed by atoms with Gasteiger partial charge in [0.1, 0.15) is 16.7 Å². The van der Waals surface area contributed by atoms with Crippen molar-refractivity contribution in [3.05, 3.63) is 133 Å². The van der Waals surface area contributed by atoms with Gasteiger partial charge in [0.15, 0.2) is 23.1 Å². The second-order valence-corrected chi connectivity index (χ2v) is 12.5. The topological polar surface area (TPSA) is 77.8 Å². The second-order valence-electron chi connectivity index (χ2n) is 11.5. The molecule has 0 bridgehead atoms. The first-order chi connectivity index (χ1) is 23.2. The lowest BCUT2D eigenvalue weighted by Gasteiger charge is -2.09. The van der Waals surface area contributed by atoms with E-state index in [1.807, 2.05) is 91.0 Å². The monoisotopic (exact) mass is 622 g/mol. The van der Waals surface area contributed by atoms with Crippen LogP contribution in [-0.4, -0.2) is 19.9 Å². The molecule has 0 fully saturated rings. The van der Waals surface area contributed by atoms with Crippen LogP contribution in [0.3, 0.4) is 0 Å². The molecule has 47 heavy (non-hydrogen) atoms. The van der Waals surface area contributed by atoms with Gasteiger partial charge in [0.25, 0.3) is 0 Å². The molecular formula is C40H22N4O2S. The van der Waals surface area contributed by atoms with E-state index >= 15 is 0 Å². The predicted molar refractivity (Wildman–Crippen MR) is 189 cm³/mol. The summed E-state index contributed by atoms with van der Waals surface area (Å²) in [6.07, 6.45) is 0. The second kappa shape index (κ2) is 10.2. The van der Waals surface area contributed by atoms with Crippen molar-refractivity contribution in [1.82, 2.24) is 19.9 Å². The van der Waals surface area contributed by atoms with E-state index in [9.17, 15) is 0 Å². The maximum atomic E-state index is 6.19. The van der Waals surface area contributed by atoms with Crippen LogP contribution in [0.5, 0.6) is 0 Å². The van der Waals surface area contributed by atoms with Gasteiger partial charge in [-0.15, -0.1) is 11.3 Å². The van der Waals surface area contributed by atoms with Crippen molar-refractivity contribution in [1.29, 1.82) is 0 Å². The van der Waals surface area contributed by atoms with Crippen molar-refractivity contribution in [2.45, 2.75) is 0 Å². The van der Waals surface area contributed by atoms with E-state index in [0.717, 1.165) is 75.5 Å². The lowest BCUT2D eigenvalue weighted by atomic mass is 10.1. The fraction of sp³-hybridized carbons (Fsp3) is 0. The van der Waals surface area contributed by atoms with E-state index in [0.29, 0.717) is 23.4 Å². The molecule has 0 unspecified atom stereocenters. The van der Waals surface area contributed by atoms with Crippen LogP contribution in [0.4, 0.5) is 0 Å². The molecule has 0 aliphatic carbocycles. The molecule has 4 aromatic heterocycles. The van der Waals surface area contributed by atoms with E-state index in [4.69, 9.17) is 28.8 Å². The van der Waals surface area contributed by atoms with Crippen LogP contribution >= 0.6 is 11.3 Å². The van der Waals surface area contributed by atoms with Crippen molar-refractivity contribution in [3.63, 3.8) is 0 Å². The number of fused-ring (bicyclic) bond motifs is 7. The summed E-state index contributed by atoms with van der Waals surface area (Å²) < 4.78 is 14.6.